The molecule has 0 saturated carbocycles. The lowest BCUT2D eigenvalue weighted by Gasteiger charge is -2.21. The number of rotatable bonds is 4. The molecule has 0 amide bonds. The Kier molecular flexibility index (Phi) is 3.97. The van der Waals surface area contributed by atoms with Gasteiger partial charge in [0.1, 0.15) is 11.5 Å². The molecule has 84 valence electrons. The maximum absolute atomic E-state index is 9.33. The van der Waals surface area contributed by atoms with Gasteiger partial charge in [-0.25, -0.2) is 0 Å². The Hall–Kier alpha value is -1.22. The van der Waals surface area contributed by atoms with Crippen molar-refractivity contribution < 1.29 is 9.84 Å². The third-order valence-electron chi connectivity index (χ3n) is 2.83. The summed E-state index contributed by atoms with van der Waals surface area (Å²) < 4.78 is 5.20. The summed E-state index contributed by atoms with van der Waals surface area (Å²) in [7, 11) is 1.58. The molecule has 0 aromatic heterocycles. The minimum absolute atomic E-state index is 0.0504. The van der Waals surface area contributed by atoms with E-state index in [2.05, 4.69) is 13.8 Å². The van der Waals surface area contributed by atoms with Gasteiger partial charge < -0.3 is 15.6 Å². The summed E-state index contributed by atoms with van der Waals surface area (Å²) in [6.45, 7) is 4.22. The van der Waals surface area contributed by atoms with Crippen molar-refractivity contribution in [2.45, 2.75) is 26.3 Å². The van der Waals surface area contributed by atoms with Gasteiger partial charge in [0.05, 0.1) is 7.11 Å². The van der Waals surface area contributed by atoms with E-state index in [9.17, 15) is 5.11 Å². The molecule has 1 rings (SSSR count). The van der Waals surface area contributed by atoms with Crippen LogP contribution in [-0.2, 0) is 0 Å². The van der Waals surface area contributed by atoms with Gasteiger partial charge in [0.15, 0.2) is 0 Å². The quantitative estimate of drug-likeness (QED) is 0.800. The van der Waals surface area contributed by atoms with Crippen LogP contribution in [-0.4, -0.2) is 12.2 Å². The highest BCUT2D eigenvalue weighted by molar-refractivity contribution is 5.41. The summed E-state index contributed by atoms with van der Waals surface area (Å²) in [6.07, 6.45) is 1.02. The van der Waals surface area contributed by atoms with Gasteiger partial charge in [-0.1, -0.05) is 26.3 Å². The first kappa shape index (κ1) is 11.9. The third kappa shape index (κ3) is 2.63. The highest BCUT2D eigenvalue weighted by Crippen LogP contribution is 2.32. The SMILES string of the molecule is CCC(C)[C@@H](N)c1ccc(O)cc1OC. The van der Waals surface area contributed by atoms with Crippen LogP contribution in [0.4, 0.5) is 0 Å². The molecule has 0 radical (unpaired) electrons. The maximum atomic E-state index is 9.33. The number of phenols is 1. The summed E-state index contributed by atoms with van der Waals surface area (Å²) >= 11 is 0. The van der Waals surface area contributed by atoms with Crippen molar-refractivity contribution in [2.75, 3.05) is 7.11 Å². The summed E-state index contributed by atoms with van der Waals surface area (Å²) in [4.78, 5) is 0. The molecule has 0 saturated heterocycles. The lowest BCUT2D eigenvalue weighted by atomic mass is 9.92. The van der Waals surface area contributed by atoms with Gasteiger partial charge in [-0.2, -0.15) is 0 Å². The highest BCUT2D eigenvalue weighted by Gasteiger charge is 2.17. The molecule has 3 nitrogen and oxygen atoms in total. The number of hydrogen-bond donors (Lipinski definition) is 2. The van der Waals surface area contributed by atoms with Gasteiger partial charge in [0.25, 0.3) is 0 Å². The summed E-state index contributed by atoms with van der Waals surface area (Å²) in [5.41, 5.74) is 7.06. The van der Waals surface area contributed by atoms with Crippen LogP contribution in [0.2, 0.25) is 0 Å². The van der Waals surface area contributed by atoms with E-state index in [-0.39, 0.29) is 11.8 Å². The van der Waals surface area contributed by atoms with E-state index in [1.807, 2.05) is 6.07 Å². The van der Waals surface area contributed by atoms with E-state index >= 15 is 0 Å². The third-order valence-corrected chi connectivity index (χ3v) is 2.83. The molecule has 0 aliphatic rings. The Bertz CT molecular complexity index is 325. The number of aromatic hydroxyl groups is 1. The number of benzene rings is 1. The monoisotopic (exact) mass is 209 g/mol. The number of methoxy groups -OCH3 is 1. The molecule has 0 heterocycles. The molecule has 0 bridgehead atoms. The van der Waals surface area contributed by atoms with Crippen LogP contribution in [0.25, 0.3) is 0 Å². The molecule has 1 unspecified atom stereocenters. The van der Waals surface area contributed by atoms with Crippen molar-refractivity contribution in [1.82, 2.24) is 0 Å². The molecular weight excluding hydrogens is 190 g/mol. The molecule has 1 aromatic rings. The molecular formula is C12H19NO2. The van der Waals surface area contributed by atoms with Crippen LogP contribution < -0.4 is 10.5 Å². The van der Waals surface area contributed by atoms with E-state index in [0.29, 0.717) is 11.7 Å². The van der Waals surface area contributed by atoms with Gasteiger partial charge in [-0.3, -0.25) is 0 Å². The van der Waals surface area contributed by atoms with Crippen molar-refractivity contribution in [3.63, 3.8) is 0 Å². The van der Waals surface area contributed by atoms with Crippen molar-refractivity contribution in [3.8, 4) is 11.5 Å². The molecule has 0 aliphatic carbocycles. The van der Waals surface area contributed by atoms with E-state index in [4.69, 9.17) is 10.5 Å². The summed E-state index contributed by atoms with van der Waals surface area (Å²) in [5, 5.41) is 9.33. The zero-order chi connectivity index (χ0) is 11.4. The highest BCUT2D eigenvalue weighted by atomic mass is 16.5. The van der Waals surface area contributed by atoms with Gasteiger partial charge >= 0.3 is 0 Å². The number of hydrogen-bond acceptors (Lipinski definition) is 3. The minimum Gasteiger partial charge on any atom is -0.508 e. The van der Waals surface area contributed by atoms with Crippen LogP contribution in [0.3, 0.4) is 0 Å². The molecule has 0 spiro atoms. The summed E-state index contributed by atoms with van der Waals surface area (Å²) in [6, 6.07) is 5.01. The maximum Gasteiger partial charge on any atom is 0.127 e. The largest absolute Gasteiger partial charge is 0.508 e. The Morgan fingerprint density at radius 2 is 2.13 bits per heavy atom. The topological polar surface area (TPSA) is 55.5 Å². The van der Waals surface area contributed by atoms with Crippen LogP contribution in [0, 0.1) is 5.92 Å². The van der Waals surface area contributed by atoms with E-state index in [1.165, 1.54) is 0 Å². The van der Waals surface area contributed by atoms with Crippen LogP contribution >= 0.6 is 0 Å². The Morgan fingerprint density at radius 1 is 1.47 bits per heavy atom. The van der Waals surface area contributed by atoms with Crippen LogP contribution in [0.1, 0.15) is 31.9 Å². The zero-order valence-electron chi connectivity index (χ0n) is 9.53. The lowest BCUT2D eigenvalue weighted by molar-refractivity contribution is 0.383. The van der Waals surface area contributed by atoms with E-state index < -0.39 is 0 Å². The van der Waals surface area contributed by atoms with Crippen molar-refractivity contribution in [3.05, 3.63) is 23.8 Å². The van der Waals surface area contributed by atoms with E-state index in [1.54, 1.807) is 19.2 Å². The predicted molar refractivity (Wildman–Crippen MR) is 61.0 cm³/mol. The van der Waals surface area contributed by atoms with Crippen LogP contribution in [0.5, 0.6) is 11.5 Å². The minimum atomic E-state index is -0.0504. The van der Waals surface area contributed by atoms with Crippen molar-refractivity contribution in [1.29, 1.82) is 0 Å². The first-order chi connectivity index (χ1) is 7.10. The number of phenolic OH excluding ortho intramolecular Hbond substituents is 1. The zero-order valence-corrected chi connectivity index (χ0v) is 9.53. The van der Waals surface area contributed by atoms with Gasteiger partial charge in [-0.05, 0) is 12.0 Å². The molecule has 1 aromatic carbocycles. The smallest absolute Gasteiger partial charge is 0.127 e. The number of nitrogens with two attached hydrogens (primary N) is 1. The molecule has 0 fully saturated rings. The van der Waals surface area contributed by atoms with E-state index in [0.717, 1.165) is 12.0 Å². The second-order valence-corrected chi connectivity index (χ2v) is 3.84. The van der Waals surface area contributed by atoms with Crippen LogP contribution in [0.15, 0.2) is 18.2 Å². The second-order valence-electron chi connectivity index (χ2n) is 3.84. The number of ether oxygens (including phenoxy) is 1. The standard InChI is InChI=1S/C12H19NO2/c1-4-8(2)12(13)10-6-5-9(14)7-11(10)15-3/h5-8,12,14H,4,13H2,1-3H3/t8?,12-/m1/s1. The van der Waals surface area contributed by atoms with Gasteiger partial charge in [0.2, 0.25) is 0 Å². The first-order valence-corrected chi connectivity index (χ1v) is 5.22. The fraction of sp³-hybridized carbons (Fsp3) is 0.500. The lowest BCUT2D eigenvalue weighted by Crippen LogP contribution is -2.19. The fourth-order valence-corrected chi connectivity index (χ4v) is 1.54. The molecule has 15 heavy (non-hydrogen) atoms. The molecule has 3 heteroatoms. The average Bonchev–Trinajstić information content (AvgIpc) is 2.26. The van der Waals surface area contributed by atoms with Gasteiger partial charge in [0, 0.05) is 17.7 Å². The average molecular weight is 209 g/mol. The Morgan fingerprint density at radius 3 is 2.67 bits per heavy atom. The van der Waals surface area contributed by atoms with Gasteiger partial charge in [-0.15, -0.1) is 0 Å². The normalized spacial score (nSPS) is 14.7. The molecule has 3 N–H and O–H groups in total. The second kappa shape index (κ2) is 5.03. The fourth-order valence-electron chi connectivity index (χ4n) is 1.54. The first-order valence-electron chi connectivity index (χ1n) is 5.22. The van der Waals surface area contributed by atoms with Crippen molar-refractivity contribution >= 4 is 0 Å². The van der Waals surface area contributed by atoms with Crippen molar-refractivity contribution in [2.24, 2.45) is 11.7 Å². The summed E-state index contributed by atoms with van der Waals surface area (Å²) in [5.74, 6) is 1.25. The Labute approximate surface area is 90.9 Å². The predicted octanol–water partition coefficient (Wildman–Crippen LogP) is 2.45. The Balaban J connectivity index is 3.02. The molecule has 2 atom stereocenters. The molecule has 0 aliphatic heterocycles.